The lowest BCUT2D eigenvalue weighted by Gasteiger charge is -2.35. The van der Waals surface area contributed by atoms with Gasteiger partial charge in [0.2, 0.25) is 5.82 Å². The number of carbonyl (C=O) groups excluding carboxylic acids is 1. The highest BCUT2D eigenvalue weighted by atomic mass is 16.7. The molecule has 2 unspecified atom stereocenters. The van der Waals surface area contributed by atoms with Gasteiger partial charge in [0.25, 0.3) is 0 Å². The number of amides is 1. The predicted octanol–water partition coefficient (Wildman–Crippen LogP) is 3.16. The van der Waals surface area contributed by atoms with Crippen molar-refractivity contribution in [2.24, 2.45) is 18.1 Å². The number of nitrogens with zero attached hydrogens (tertiary/aromatic N) is 6. The average molecular weight is 498 g/mol. The van der Waals surface area contributed by atoms with Gasteiger partial charge in [0.1, 0.15) is 11.9 Å². The standard InChI is InChI=1S/C24H31N7O5/c1-16(24(3,33-5)34-6)17(2)36-23(32)26-20-14-10-13-19(25-20)15-35-28-21(18-11-8-7-9-12-18)22-27-29-30-31(22)4/h7-14,16-17H,15H2,1-6H3,(H,25,26,32). The lowest BCUT2D eigenvalue weighted by molar-refractivity contribution is -0.237. The van der Waals surface area contributed by atoms with E-state index in [-0.39, 0.29) is 12.5 Å². The molecule has 0 saturated heterocycles. The Kier molecular flexibility index (Phi) is 9.03. The summed E-state index contributed by atoms with van der Waals surface area (Å²) in [6.07, 6.45) is -1.13. The number of ether oxygens (including phenoxy) is 3. The molecule has 3 rings (SSSR count). The van der Waals surface area contributed by atoms with Crippen LogP contribution in [0.5, 0.6) is 0 Å². The van der Waals surface area contributed by atoms with Crippen molar-refractivity contribution < 1.29 is 23.8 Å². The van der Waals surface area contributed by atoms with E-state index in [4.69, 9.17) is 19.0 Å². The summed E-state index contributed by atoms with van der Waals surface area (Å²) < 4.78 is 17.8. The van der Waals surface area contributed by atoms with Crippen molar-refractivity contribution in [3.05, 3.63) is 65.6 Å². The lowest BCUT2D eigenvalue weighted by Crippen LogP contribution is -2.44. The van der Waals surface area contributed by atoms with Crippen molar-refractivity contribution in [2.45, 2.75) is 39.3 Å². The number of carbonyl (C=O) groups is 1. The van der Waals surface area contributed by atoms with Gasteiger partial charge in [0.05, 0.1) is 5.69 Å². The first-order valence-corrected chi connectivity index (χ1v) is 11.3. The Morgan fingerprint density at radius 3 is 2.47 bits per heavy atom. The topological polar surface area (TPSA) is 135 Å². The monoisotopic (exact) mass is 497 g/mol. The number of aromatic nitrogens is 5. The third-order valence-corrected chi connectivity index (χ3v) is 5.92. The summed E-state index contributed by atoms with van der Waals surface area (Å²) in [7, 11) is 4.80. The molecular weight excluding hydrogens is 466 g/mol. The molecule has 12 heteroatoms. The third-order valence-electron chi connectivity index (χ3n) is 5.92. The summed E-state index contributed by atoms with van der Waals surface area (Å²) in [6.45, 7) is 5.49. The highest BCUT2D eigenvalue weighted by Crippen LogP contribution is 2.26. The number of aryl methyl sites for hydroxylation is 1. The first kappa shape index (κ1) is 26.7. The van der Waals surface area contributed by atoms with Crippen LogP contribution in [-0.2, 0) is 32.7 Å². The molecule has 0 radical (unpaired) electrons. The molecule has 2 heterocycles. The van der Waals surface area contributed by atoms with Gasteiger partial charge in [-0.2, -0.15) is 0 Å². The second-order valence-corrected chi connectivity index (χ2v) is 8.17. The van der Waals surface area contributed by atoms with Gasteiger partial charge in [0, 0.05) is 32.7 Å². The number of nitrogens with one attached hydrogen (secondary N) is 1. The molecule has 1 amide bonds. The number of anilines is 1. The molecule has 0 aliphatic carbocycles. The van der Waals surface area contributed by atoms with Gasteiger partial charge in [-0.05, 0) is 36.4 Å². The minimum atomic E-state index is -0.893. The summed E-state index contributed by atoms with van der Waals surface area (Å²) in [5.41, 5.74) is 1.82. The van der Waals surface area contributed by atoms with E-state index in [0.29, 0.717) is 23.0 Å². The maximum atomic E-state index is 12.4. The molecule has 0 spiro atoms. The number of oxime groups is 1. The van der Waals surface area contributed by atoms with E-state index in [9.17, 15) is 4.79 Å². The van der Waals surface area contributed by atoms with Crippen LogP contribution in [0, 0.1) is 5.92 Å². The maximum Gasteiger partial charge on any atom is 0.413 e. The number of benzene rings is 1. The number of hydrogen-bond acceptors (Lipinski definition) is 10. The van der Waals surface area contributed by atoms with Gasteiger partial charge in [0.15, 0.2) is 18.1 Å². The van der Waals surface area contributed by atoms with Crippen LogP contribution in [0.25, 0.3) is 0 Å². The van der Waals surface area contributed by atoms with E-state index in [1.54, 1.807) is 53.3 Å². The number of pyridine rings is 1. The van der Waals surface area contributed by atoms with Crippen LogP contribution in [0.4, 0.5) is 10.6 Å². The molecule has 2 aromatic heterocycles. The van der Waals surface area contributed by atoms with Crippen molar-refractivity contribution in [2.75, 3.05) is 19.5 Å². The lowest BCUT2D eigenvalue weighted by atomic mass is 9.96. The van der Waals surface area contributed by atoms with Crippen LogP contribution < -0.4 is 5.32 Å². The van der Waals surface area contributed by atoms with Crippen LogP contribution in [0.15, 0.2) is 53.7 Å². The van der Waals surface area contributed by atoms with Gasteiger partial charge < -0.3 is 19.0 Å². The average Bonchev–Trinajstić information content (AvgIpc) is 3.31. The first-order chi connectivity index (χ1) is 17.3. The highest BCUT2D eigenvalue weighted by Gasteiger charge is 2.36. The zero-order valence-electron chi connectivity index (χ0n) is 21.2. The fraction of sp³-hybridized carbons (Fsp3) is 0.417. The second-order valence-electron chi connectivity index (χ2n) is 8.17. The molecule has 0 aliphatic rings. The summed E-state index contributed by atoms with van der Waals surface area (Å²) in [6, 6.07) is 14.6. The summed E-state index contributed by atoms with van der Waals surface area (Å²) >= 11 is 0. The fourth-order valence-electron chi connectivity index (χ4n) is 3.33. The minimum Gasteiger partial charge on any atom is -0.446 e. The fourth-order valence-corrected chi connectivity index (χ4v) is 3.33. The van der Waals surface area contributed by atoms with Crippen LogP contribution >= 0.6 is 0 Å². The Bertz CT molecular complexity index is 1160. The maximum absolute atomic E-state index is 12.4. The number of tetrazole rings is 1. The first-order valence-electron chi connectivity index (χ1n) is 11.3. The minimum absolute atomic E-state index is 0.0552. The van der Waals surface area contributed by atoms with Gasteiger partial charge in [-0.1, -0.05) is 48.5 Å². The number of rotatable bonds is 11. The number of methoxy groups -OCH3 is 2. The van der Waals surface area contributed by atoms with Crippen molar-refractivity contribution in [3.63, 3.8) is 0 Å². The molecule has 1 aromatic carbocycles. The second kappa shape index (κ2) is 12.2. The van der Waals surface area contributed by atoms with Gasteiger partial charge in [-0.3, -0.25) is 5.32 Å². The zero-order chi connectivity index (χ0) is 26.1. The van der Waals surface area contributed by atoms with Gasteiger partial charge >= 0.3 is 6.09 Å². The summed E-state index contributed by atoms with van der Waals surface area (Å²) in [5.74, 6) is -0.359. The van der Waals surface area contributed by atoms with Crippen molar-refractivity contribution in [3.8, 4) is 0 Å². The summed E-state index contributed by atoms with van der Waals surface area (Å²) in [4.78, 5) is 22.4. The van der Waals surface area contributed by atoms with E-state index >= 15 is 0 Å². The smallest absolute Gasteiger partial charge is 0.413 e. The molecule has 2 atom stereocenters. The van der Waals surface area contributed by atoms with E-state index < -0.39 is 18.0 Å². The summed E-state index contributed by atoms with van der Waals surface area (Å²) in [5, 5.41) is 18.5. The Labute approximate surface area is 209 Å². The van der Waals surface area contributed by atoms with Crippen molar-refractivity contribution in [1.82, 2.24) is 25.2 Å². The van der Waals surface area contributed by atoms with Crippen molar-refractivity contribution in [1.29, 1.82) is 0 Å². The van der Waals surface area contributed by atoms with Gasteiger partial charge in [-0.15, -0.1) is 5.10 Å². The van der Waals surface area contributed by atoms with Crippen LogP contribution in [-0.4, -0.2) is 63.1 Å². The molecule has 1 N–H and O–H groups in total. The molecule has 0 saturated carbocycles. The molecule has 0 fully saturated rings. The Hall–Kier alpha value is -3.90. The van der Waals surface area contributed by atoms with Crippen LogP contribution in [0.3, 0.4) is 0 Å². The molecule has 36 heavy (non-hydrogen) atoms. The Morgan fingerprint density at radius 2 is 1.83 bits per heavy atom. The quantitative estimate of drug-likeness (QED) is 0.241. The molecule has 3 aromatic rings. The largest absolute Gasteiger partial charge is 0.446 e. The third kappa shape index (κ3) is 6.61. The van der Waals surface area contributed by atoms with Gasteiger partial charge in [-0.25, -0.2) is 14.5 Å². The molecular formula is C24H31N7O5. The normalized spacial score (nSPS) is 13.7. The van der Waals surface area contributed by atoms with E-state index in [1.807, 2.05) is 37.3 Å². The highest BCUT2D eigenvalue weighted by molar-refractivity contribution is 6.10. The predicted molar refractivity (Wildman–Crippen MR) is 131 cm³/mol. The Balaban J connectivity index is 1.64. The SMILES string of the molecule is COC(C)(OC)C(C)C(C)OC(=O)Nc1cccc(CON=C(c2ccccc2)c2nnnn2C)n1. The molecule has 12 nitrogen and oxygen atoms in total. The molecule has 192 valence electrons. The van der Waals surface area contributed by atoms with Crippen LogP contribution in [0.1, 0.15) is 37.9 Å². The van der Waals surface area contributed by atoms with E-state index in [0.717, 1.165) is 5.56 Å². The van der Waals surface area contributed by atoms with Crippen LogP contribution in [0.2, 0.25) is 0 Å². The van der Waals surface area contributed by atoms with Crippen molar-refractivity contribution >= 4 is 17.6 Å². The van der Waals surface area contributed by atoms with E-state index in [2.05, 4.69) is 31.0 Å². The molecule has 0 aliphatic heterocycles. The molecule has 0 bridgehead atoms. The van der Waals surface area contributed by atoms with E-state index in [1.165, 1.54) is 4.68 Å². The Morgan fingerprint density at radius 1 is 1.11 bits per heavy atom. The number of hydrogen-bond donors (Lipinski definition) is 1. The zero-order valence-corrected chi connectivity index (χ0v) is 21.2.